The van der Waals surface area contributed by atoms with Crippen molar-refractivity contribution < 1.29 is 4.79 Å². The molecule has 1 aliphatic rings. The summed E-state index contributed by atoms with van der Waals surface area (Å²) in [6.07, 6.45) is 8.16. The van der Waals surface area contributed by atoms with Gasteiger partial charge in [0.05, 0.1) is 6.20 Å². The molecule has 1 unspecified atom stereocenters. The molecular weight excluding hydrogens is 262 g/mol. The summed E-state index contributed by atoms with van der Waals surface area (Å²) in [5.41, 5.74) is 0.796. The Labute approximate surface area is 119 Å². The fraction of sp³-hybridized carbons (Fsp3) is 0.714. The molecule has 2 heterocycles. The maximum Gasteiger partial charge on any atom is 0.245 e. The van der Waals surface area contributed by atoms with Crippen LogP contribution in [0.3, 0.4) is 0 Å². The zero-order chi connectivity index (χ0) is 13.8. The van der Waals surface area contributed by atoms with E-state index in [1.54, 1.807) is 6.20 Å². The zero-order valence-electron chi connectivity index (χ0n) is 11.7. The molecule has 0 saturated carbocycles. The predicted molar refractivity (Wildman–Crippen MR) is 76.3 cm³/mol. The number of carbonyl (C=O) groups is 1. The van der Waals surface area contributed by atoms with Gasteiger partial charge >= 0.3 is 0 Å². The quantitative estimate of drug-likeness (QED) is 0.799. The van der Waals surface area contributed by atoms with Crippen molar-refractivity contribution in [2.24, 2.45) is 0 Å². The summed E-state index contributed by atoms with van der Waals surface area (Å²) in [5.74, 6) is 0.0203. The number of carbonyl (C=O) groups excluding carboxylic acids is 1. The third-order valence-corrected chi connectivity index (χ3v) is 4.02. The molecular formula is C14H22ClN3O. The van der Waals surface area contributed by atoms with Gasteiger partial charge in [0, 0.05) is 30.9 Å². The maximum absolute atomic E-state index is 12.4. The van der Waals surface area contributed by atoms with Crippen molar-refractivity contribution in [1.82, 2.24) is 14.7 Å². The zero-order valence-corrected chi connectivity index (χ0v) is 12.4. The number of aromatic nitrogens is 2. The van der Waals surface area contributed by atoms with E-state index in [-0.39, 0.29) is 11.9 Å². The molecule has 0 N–H and O–H groups in total. The summed E-state index contributed by atoms with van der Waals surface area (Å²) >= 11 is 6.32. The van der Waals surface area contributed by atoms with Crippen molar-refractivity contribution in [1.29, 1.82) is 0 Å². The molecule has 4 nitrogen and oxygen atoms in total. The van der Waals surface area contributed by atoms with Crippen LogP contribution in [0.15, 0.2) is 12.4 Å². The second-order valence-corrected chi connectivity index (χ2v) is 5.89. The molecule has 0 radical (unpaired) electrons. The molecule has 1 amide bonds. The molecule has 1 aromatic heterocycles. The van der Waals surface area contributed by atoms with Gasteiger partial charge in [-0.2, -0.15) is 5.10 Å². The third-order valence-electron chi connectivity index (χ3n) is 3.58. The lowest BCUT2D eigenvalue weighted by atomic mass is 10.2. The standard InChI is InChI=1S/C14H22ClN3O/c1-11(2)18-10-12(9-16-18)13(15)14(19)17-7-5-3-4-6-8-17/h9-11,13H,3-8H2,1-2H3. The Balaban J connectivity index is 2.04. The van der Waals surface area contributed by atoms with E-state index >= 15 is 0 Å². The SMILES string of the molecule is CC(C)n1cc(C(Cl)C(=O)N2CCCCCC2)cn1. The van der Waals surface area contributed by atoms with Gasteiger partial charge in [-0.25, -0.2) is 0 Å². The predicted octanol–water partition coefficient (Wildman–Crippen LogP) is 3.15. The van der Waals surface area contributed by atoms with E-state index in [1.807, 2.05) is 15.8 Å². The highest BCUT2D eigenvalue weighted by molar-refractivity contribution is 6.30. The summed E-state index contributed by atoms with van der Waals surface area (Å²) in [5, 5.41) is 3.64. The second kappa shape index (κ2) is 6.42. The molecule has 0 spiro atoms. The van der Waals surface area contributed by atoms with Crippen LogP contribution in [0, 0.1) is 0 Å². The Hall–Kier alpha value is -1.03. The average Bonchev–Trinajstić information content (AvgIpc) is 2.73. The average molecular weight is 284 g/mol. The Morgan fingerprint density at radius 2 is 1.89 bits per heavy atom. The Kier molecular flexibility index (Phi) is 4.86. The minimum Gasteiger partial charge on any atom is -0.341 e. The van der Waals surface area contributed by atoms with Crippen LogP contribution in [0.5, 0.6) is 0 Å². The van der Waals surface area contributed by atoms with E-state index in [0.717, 1.165) is 31.5 Å². The monoisotopic (exact) mass is 283 g/mol. The lowest BCUT2D eigenvalue weighted by Crippen LogP contribution is -2.34. The van der Waals surface area contributed by atoms with Crippen LogP contribution in [-0.4, -0.2) is 33.7 Å². The molecule has 2 rings (SSSR count). The van der Waals surface area contributed by atoms with Gasteiger partial charge in [-0.15, -0.1) is 11.6 Å². The highest BCUT2D eigenvalue weighted by Crippen LogP contribution is 2.25. The molecule has 1 aromatic rings. The largest absolute Gasteiger partial charge is 0.341 e. The summed E-state index contributed by atoms with van der Waals surface area (Å²) < 4.78 is 1.83. The number of likely N-dealkylation sites (tertiary alicyclic amines) is 1. The van der Waals surface area contributed by atoms with Crippen molar-refractivity contribution in [3.63, 3.8) is 0 Å². The van der Waals surface area contributed by atoms with Crippen molar-refractivity contribution in [3.05, 3.63) is 18.0 Å². The highest BCUT2D eigenvalue weighted by atomic mass is 35.5. The normalized spacial score (nSPS) is 18.4. The minimum atomic E-state index is -0.606. The number of nitrogens with zero attached hydrogens (tertiary/aromatic N) is 3. The van der Waals surface area contributed by atoms with Crippen molar-refractivity contribution in [2.45, 2.75) is 50.9 Å². The Morgan fingerprint density at radius 1 is 1.26 bits per heavy atom. The summed E-state index contributed by atoms with van der Waals surface area (Å²) in [6.45, 7) is 5.77. The fourth-order valence-corrected chi connectivity index (χ4v) is 2.61. The summed E-state index contributed by atoms with van der Waals surface area (Å²) in [7, 11) is 0. The van der Waals surface area contributed by atoms with Gasteiger partial charge in [0.15, 0.2) is 0 Å². The van der Waals surface area contributed by atoms with Gasteiger partial charge < -0.3 is 4.90 Å². The van der Waals surface area contributed by atoms with Crippen LogP contribution in [0.1, 0.15) is 56.5 Å². The molecule has 0 aliphatic carbocycles. The number of rotatable bonds is 3. The van der Waals surface area contributed by atoms with E-state index in [0.29, 0.717) is 0 Å². The van der Waals surface area contributed by atoms with Gasteiger partial charge in [0.2, 0.25) is 5.91 Å². The molecule has 5 heteroatoms. The van der Waals surface area contributed by atoms with Gasteiger partial charge in [0.1, 0.15) is 5.38 Å². The van der Waals surface area contributed by atoms with Crippen LogP contribution >= 0.6 is 11.6 Å². The molecule has 0 bridgehead atoms. The smallest absolute Gasteiger partial charge is 0.245 e. The first-order valence-electron chi connectivity index (χ1n) is 7.06. The Bertz CT molecular complexity index is 422. The fourth-order valence-electron chi connectivity index (χ4n) is 2.36. The molecule has 0 aromatic carbocycles. The van der Waals surface area contributed by atoms with Crippen LogP contribution in [0.4, 0.5) is 0 Å². The lowest BCUT2D eigenvalue weighted by Gasteiger charge is -2.22. The highest BCUT2D eigenvalue weighted by Gasteiger charge is 2.25. The number of hydrogen-bond acceptors (Lipinski definition) is 2. The van der Waals surface area contributed by atoms with Gasteiger partial charge in [0.25, 0.3) is 0 Å². The maximum atomic E-state index is 12.4. The summed E-state index contributed by atoms with van der Waals surface area (Å²) in [6, 6.07) is 0.283. The third kappa shape index (κ3) is 3.50. The lowest BCUT2D eigenvalue weighted by molar-refractivity contribution is -0.130. The van der Waals surface area contributed by atoms with Crippen LogP contribution in [-0.2, 0) is 4.79 Å². The molecule has 1 atom stereocenters. The van der Waals surface area contributed by atoms with Crippen LogP contribution < -0.4 is 0 Å². The molecule has 19 heavy (non-hydrogen) atoms. The van der Waals surface area contributed by atoms with E-state index in [2.05, 4.69) is 18.9 Å². The van der Waals surface area contributed by atoms with Crippen molar-refractivity contribution >= 4 is 17.5 Å². The molecule has 106 valence electrons. The van der Waals surface area contributed by atoms with Crippen LogP contribution in [0.25, 0.3) is 0 Å². The van der Waals surface area contributed by atoms with Crippen molar-refractivity contribution in [2.75, 3.05) is 13.1 Å². The minimum absolute atomic E-state index is 0.0203. The number of amides is 1. The molecule has 1 saturated heterocycles. The number of alkyl halides is 1. The molecule has 1 aliphatic heterocycles. The Morgan fingerprint density at radius 3 is 2.42 bits per heavy atom. The van der Waals surface area contributed by atoms with Gasteiger partial charge in [-0.05, 0) is 26.7 Å². The van der Waals surface area contributed by atoms with E-state index < -0.39 is 5.38 Å². The van der Waals surface area contributed by atoms with Gasteiger partial charge in [-0.3, -0.25) is 9.48 Å². The first kappa shape index (κ1) is 14.4. The first-order chi connectivity index (χ1) is 9.09. The number of hydrogen-bond donors (Lipinski definition) is 0. The van der Waals surface area contributed by atoms with Gasteiger partial charge in [-0.1, -0.05) is 12.8 Å². The molecule has 1 fully saturated rings. The van der Waals surface area contributed by atoms with Crippen molar-refractivity contribution in [3.8, 4) is 0 Å². The second-order valence-electron chi connectivity index (χ2n) is 5.45. The number of halogens is 1. The topological polar surface area (TPSA) is 38.1 Å². The van der Waals surface area contributed by atoms with E-state index in [4.69, 9.17) is 11.6 Å². The van der Waals surface area contributed by atoms with Crippen LogP contribution in [0.2, 0.25) is 0 Å². The summed E-state index contributed by atoms with van der Waals surface area (Å²) in [4.78, 5) is 14.3. The van der Waals surface area contributed by atoms with E-state index in [1.165, 1.54) is 12.8 Å². The van der Waals surface area contributed by atoms with E-state index in [9.17, 15) is 4.79 Å². The first-order valence-corrected chi connectivity index (χ1v) is 7.50.